The normalized spacial score (nSPS) is 13.1. The number of amides is 1. The van der Waals surface area contributed by atoms with Crippen molar-refractivity contribution in [1.29, 1.82) is 0 Å². The molecule has 0 radical (unpaired) electrons. The third-order valence-corrected chi connectivity index (χ3v) is 2.94. The van der Waals surface area contributed by atoms with Crippen molar-refractivity contribution in [3.8, 4) is 0 Å². The van der Waals surface area contributed by atoms with Gasteiger partial charge >= 0.3 is 0 Å². The monoisotopic (exact) mass is 251 g/mol. The zero-order chi connectivity index (χ0) is 13.6. The van der Waals surface area contributed by atoms with Crippen LogP contribution in [0.2, 0.25) is 0 Å². The Kier molecular flexibility index (Phi) is 5.31. The molecule has 0 saturated carbocycles. The number of hydrogen-bond acceptors (Lipinski definition) is 3. The van der Waals surface area contributed by atoms with Gasteiger partial charge in [0.2, 0.25) is 0 Å². The van der Waals surface area contributed by atoms with E-state index < -0.39 is 5.60 Å². The summed E-state index contributed by atoms with van der Waals surface area (Å²) in [4.78, 5) is 11.9. The van der Waals surface area contributed by atoms with Crippen LogP contribution in [0.4, 0.5) is 0 Å². The molecular formula is C14H21NO3. The number of carbonyl (C=O) groups is 1. The SMILES string of the molecule is COC(C)(C)C(=O)NC(CO)Cc1ccccc1. The Bertz CT molecular complexity index is 376. The van der Waals surface area contributed by atoms with Crippen LogP contribution in [0.1, 0.15) is 19.4 Å². The van der Waals surface area contributed by atoms with Crippen molar-refractivity contribution >= 4 is 5.91 Å². The van der Waals surface area contributed by atoms with Crippen molar-refractivity contribution in [3.05, 3.63) is 35.9 Å². The van der Waals surface area contributed by atoms with E-state index in [1.165, 1.54) is 7.11 Å². The molecule has 2 N–H and O–H groups in total. The maximum absolute atomic E-state index is 11.9. The third-order valence-electron chi connectivity index (χ3n) is 2.94. The van der Waals surface area contributed by atoms with E-state index in [0.717, 1.165) is 5.56 Å². The minimum absolute atomic E-state index is 0.0968. The van der Waals surface area contributed by atoms with E-state index in [0.29, 0.717) is 6.42 Å². The van der Waals surface area contributed by atoms with Crippen molar-refractivity contribution in [2.24, 2.45) is 0 Å². The van der Waals surface area contributed by atoms with Gasteiger partial charge in [0.25, 0.3) is 5.91 Å². The van der Waals surface area contributed by atoms with Crippen molar-refractivity contribution < 1.29 is 14.6 Å². The van der Waals surface area contributed by atoms with Crippen LogP contribution >= 0.6 is 0 Å². The summed E-state index contributed by atoms with van der Waals surface area (Å²) in [6.45, 7) is 3.29. The first-order valence-corrected chi connectivity index (χ1v) is 6.00. The minimum atomic E-state index is -0.885. The summed E-state index contributed by atoms with van der Waals surface area (Å²) in [7, 11) is 1.49. The van der Waals surface area contributed by atoms with Gasteiger partial charge in [-0.2, -0.15) is 0 Å². The summed E-state index contributed by atoms with van der Waals surface area (Å²) in [6.07, 6.45) is 0.600. The topological polar surface area (TPSA) is 58.6 Å². The molecule has 0 saturated heterocycles. The highest BCUT2D eigenvalue weighted by atomic mass is 16.5. The zero-order valence-corrected chi connectivity index (χ0v) is 11.1. The maximum Gasteiger partial charge on any atom is 0.251 e. The van der Waals surface area contributed by atoms with Gasteiger partial charge in [0, 0.05) is 7.11 Å². The third kappa shape index (κ3) is 4.13. The second-order valence-corrected chi connectivity index (χ2v) is 4.76. The predicted molar refractivity (Wildman–Crippen MR) is 70.3 cm³/mol. The molecule has 1 atom stereocenters. The second-order valence-electron chi connectivity index (χ2n) is 4.76. The molecule has 18 heavy (non-hydrogen) atoms. The molecule has 1 rings (SSSR count). The number of ether oxygens (including phenoxy) is 1. The molecule has 0 aliphatic carbocycles. The molecule has 0 spiro atoms. The van der Waals surface area contributed by atoms with Gasteiger partial charge in [-0.25, -0.2) is 0 Å². The Morgan fingerprint density at radius 2 is 2.00 bits per heavy atom. The summed E-state index contributed by atoms with van der Waals surface area (Å²) in [5, 5.41) is 12.1. The fourth-order valence-corrected chi connectivity index (χ4v) is 1.51. The fraction of sp³-hybridized carbons (Fsp3) is 0.500. The predicted octanol–water partition coefficient (Wildman–Crippen LogP) is 1.13. The van der Waals surface area contributed by atoms with Crippen molar-refractivity contribution in [2.75, 3.05) is 13.7 Å². The Hall–Kier alpha value is -1.39. The highest BCUT2D eigenvalue weighted by Gasteiger charge is 2.28. The molecule has 1 unspecified atom stereocenters. The van der Waals surface area contributed by atoms with E-state index in [1.807, 2.05) is 30.3 Å². The van der Waals surface area contributed by atoms with E-state index in [9.17, 15) is 9.90 Å². The maximum atomic E-state index is 11.9. The lowest BCUT2D eigenvalue weighted by Gasteiger charge is -2.25. The first-order chi connectivity index (χ1) is 8.49. The zero-order valence-electron chi connectivity index (χ0n) is 11.1. The van der Waals surface area contributed by atoms with Crippen LogP contribution in [-0.4, -0.2) is 36.4 Å². The molecule has 0 aliphatic rings. The van der Waals surface area contributed by atoms with Gasteiger partial charge in [0.15, 0.2) is 0 Å². The largest absolute Gasteiger partial charge is 0.394 e. The molecule has 0 bridgehead atoms. The second kappa shape index (κ2) is 6.52. The van der Waals surface area contributed by atoms with Crippen molar-refractivity contribution in [3.63, 3.8) is 0 Å². The summed E-state index contributed by atoms with van der Waals surface area (Å²) in [6, 6.07) is 9.45. The molecule has 4 heteroatoms. The molecule has 1 amide bonds. The van der Waals surface area contributed by atoms with Crippen molar-refractivity contribution in [2.45, 2.75) is 31.9 Å². The number of benzene rings is 1. The average molecular weight is 251 g/mol. The molecule has 1 aromatic carbocycles. The first-order valence-electron chi connectivity index (χ1n) is 6.00. The lowest BCUT2D eigenvalue weighted by Crippen LogP contribution is -2.49. The summed E-state index contributed by atoms with van der Waals surface area (Å²) in [5.41, 5.74) is 0.191. The Labute approximate surface area is 108 Å². The molecule has 1 aromatic rings. The number of hydrogen-bond donors (Lipinski definition) is 2. The van der Waals surface area contributed by atoms with Crippen LogP contribution in [-0.2, 0) is 16.0 Å². The van der Waals surface area contributed by atoms with Gasteiger partial charge in [-0.3, -0.25) is 4.79 Å². The standard InChI is InChI=1S/C14H21NO3/c1-14(2,18-3)13(17)15-12(10-16)9-11-7-5-4-6-8-11/h4-8,12,16H,9-10H2,1-3H3,(H,15,17). The summed E-state index contributed by atoms with van der Waals surface area (Å²) in [5.74, 6) is -0.222. The Balaban J connectivity index is 2.60. The summed E-state index contributed by atoms with van der Waals surface area (Å²) < 4.78 is 5.10. The van der Waals surface area contributed by atoms with Crippen LogP contribution in [0.25, 0.3) is 0 Å². The van der Waals surface area contributed by atoms with Crippen molar-refractivity contribution in [1.82, 2.24) is 5.32 Å². The van der Waals surface area contributed by atoms with E-state index in [1.54, 1.807) is 13.8 Å². The molecular weight excluding hydrogens is 230 g/mol. The van der Waals surface area contributed by atoms with Gasteiger partial charge in [-0.05, 0) is 25.8 Å². The molecule has 4 nitrogen and oxygen atoms in total. The van der Waals surface area contributed by atoms with Gasteiger partial charge in [0.1, 0.15) is 5.60 Å². The van der Waals surface area contributed by atoms with Crippen LogP contribution in [0, 0.1) is 0 Å². The highest BCUT2D eigenvalue weighted by molar-refractivity contribution is 5.84. The average Bonchev–Trinajstić information content (AvgIpc) is 2.38. The van der Waals surface area contributed by atoms with Gasteiger partial charge < -0.3 is 15.2 Å². The number of rotatable bonds is 6. The molecule has 0 heterocycles. The van der Waals surface area contributed by atoms with E-state index in [4.69, 9.17) is 4.74 Å². The first kappa shape index (κ1) is 14.7. The Morgan fingerprint density at radius 1 is 1.39 bits per heavy atom. The fourth-order valence-electron chi connectivity index (χ4n) is 1.51. The smallest absolute Gasteiger partial charge is 0.251 e. The van der Waals surface area contributed by atoms with E-state index in [2.05, 4.69) is 5.32 Å². The lowest BCUT2D eigenvalue weighted by atomic mass is 10.0. The molecule has 0 aliphatic heterocycles. The highest BCUT2D eigenvalue weighted by Crippen LogP contribution is 2.09. The van der Waals surface area contributed by atoms with Gasteiger partial charge in [-0.15, -0.1) is 0 Å². The number of methoxy groups -OCH3 is 1. The van der Waals surface area contributed by atoms with Gasteiger partial charge in [-0.1, -0.05) is 30.3 Å². The number of aliphatic hydroxyl groups is 1. The minimum Gasteiger partial charge on any atom is -0.394 e. The van der Waals surface area contributed by atoms with Crippen LogP contribution in [0.3, 0.4) is 0 Å². The number of aliphatic hydroxyl groups excluding tert-OH is 1. The lowest BCUT2D eigenvalue weighted by molar-refractivity contribution is -0.140. The number of nitrogens with one attached hydrogen (secondary N) is 1. The van der Waals surface area contributed by atoms with E-state index >= 15 is 0 Å². The van der Waals surface area contributed by atoms with Crippen LogP contribution in [0.15, 0.2) is 30.3 Å². The van der Waals surface area contributed by atoms with Crippen LogP contribution < -0.4 is 5.32 Å². The van der Waals surface area contributed by atoms with Gasteiger partial charge in [0.05, 0.1) is 12.6 Å². The number of carbonyl (C=O) groups excluding carboxylic acids is 1. The quantitative estimate of drug-likeness (QED) is 0.797. The Morgan fingerprint density at radius 3 is 2.50 bits per heavy atom. The summed E-state index contributed by atoms with van der Waals surface area (Å²) >= 11 is 0. The van der Waals surface area contributed by atoms with E-state index in [-0.39, 0.29) is 18.6 Å². The van der Waals surface area contributed by atoms with Crippen LogP contribution in [0.5, 0.6) is 0 Å². The molecule has 0 fully saturated rings. The molecule has 0 aromatic heterocycles. The molecule has 100 valence electrons.